The minimum absolute atomic E-state index is 0.0351. The van der Waals surface area contributed by atoms with Crippen LogP contribution in [0.25, 0.3) is 6.08 Å². The number of carbonyl (C=O) groups excluding carboxylic acids is 1. The summed E-state index contributed by atoms with van der Waals surface area (Å²) in [5.74, 6) is -0.266. The van der Waals surface area contributed by atoms with Crippen molar-refractivity contribution in [3.8, 4) is 0 Å². The van der Waals surface area contributed by atoms with Gasteiger partial charge in [0.15, 0.2) is 0 Å². The monoisotopic (exact) mass is 218 g/mol. The maximum absolute atomic E-state index is 11.4. The summed E-state index contributed by atoms with van der Waals surface area (Å²) < 4.78 is 5.24. The fraction of sp³-hybridized carbons (Fsp3) is 0.357. The van der Waals surface area contributed by atoms with Crippen LogP contribution in [0.4, 0.5) is 0 Å². The Kier molecular flexibility index (Phi) is 5.34. The van der Waals surface area contributed by atoms with E-state index in [1.165, 1.54) is 6.08 Å². The molecule has 0 aliphatic carbocycles. The molecule has 0 saturated carbocycles. The lowest BCUT2D eigenvalue weighted by atomic mass is 10.2. The minimum atomic E-state index is -0.266. The number of carbonyl (C=O) groups is 1. The summed E-state index contributed by atoms with van der Waals surface area (Å²) in [5.41, 5.74) is 1.00. The third-order valence-corrected chi connectivity index (χ3v) is 2.40. The number of hydrogen-bond donors (Lipinski definition) is 0. The van der Waals surface area contributed by atoms with Gasteiger partial charge in [0.2, 0.25) is 0 Å². The Morgan fingerprint density at radius 1 is 1.25 bits per heavy atom. The highest BCUT2D eigenvalue weighted by molar-refractivity contribution is 5.87. The van der Waals surface area contributed by atoms with Crippen LogP contribution >= 0.6 is 0 Å². The predicted octanol–water partition coefficient (Wildman–Crippen LogP) is 3.43. The molecule has 0 aliphatic rings. The summed E-state index contributed by atoms with van der Waals surface area (Å²) in [7, 11) is 0. The zero-order valence-electron chi connectivity index (χ0n) is 9.85. The van der Waals surface area contributed by atoms with Crippen molar-refractivity contribution in [2.24, 2.45) is 0 Å². The van der Waals surface area contributed by atoms with E-state index in [9.17, 15) is 4.79 Å². The maximum Gasteiger partial charge on any atom is 0.331 e. The Balaban J connectivity index is 2.48. The number of benzene rings is 1. The van der Waals surface area contributed by atoms with Gasteiger partial charge in [-0.25, -0.2) is 4.79 Å². The smallest absolute Gasteiger partial charge is 0.331 e. The van der Waals surface area contributed by atoms with Crippen molar-refractivity contribution in [2.45, 2.75) is 32.8 Å². The Bertz CT molecular complexity index is 337. The minimum Gasteiger partial charge on any atom is -0.459 e. The van der Waals surface area contributed by atoms with Crippen LogP contribution in [0.3, 0.4) is 0 Å². The van der Waals surface area contributed by atoms with Crippen LogP contribution in [-0.4, -0.2) is 12.1 Å². The van der Waals surface area contributed by atoms with E-state index >= 15 is 0 Å². The molecule has 2 nitrogen and oxygen atoms in total. The first kappa shape index (κ1) is 12.5. The molecule has 1 rings (SSSR count). The summed E-state index contributed by atoms with van der Waals surface area (Å²) in [5, 5.41) is 0. The molecule has 16 heavy (non-hydrogen) atoms. The average Bonchev–Trinajstić information content (AvgIpc) is 2.34. The predicted molar refractivity (Wildman–Crippen MR) is 65.9 cm³/mol. The van der Waals surface area contributed by atoms with Crippen molar-refractivity contribution in [1.82, 2.24) is 0 Å². The van der Waals surface area contributed by atoms with Crippen LogP contribution < -0.4 is 0 Å². The zero-order valence-corrected chi connectivity index (χ0v) is 9.85. The number of rotatable bonds is 5. The molecule has 0 aliphatic heterocycles. The van der Waals surface area contributed by atoms with E-state index in [2.05, 4.69) is 0 Å². The molecular formula is C14H18O2. The Labute approximate surface area is 96.9 Å². The first-order valence-electron chi connectivity index (χ1n) is 5.70. The highest BCUT2D eigenvalue weighted by atomic mass is 16.5. The van der Waals surface area contributed by atoms with E-state index in [0.717, 1.165) is 18.4 Å². The molecule has 0 N–H and O–H groups in total. The second-order valence-corrected chi connectivity index (χ2v) is 3.62. The average molecular weight is 218 g/mol. The second kappa shape index (κ2) is 6.83. The molecule has 86 valence electrons. The quantitative estimate of drug-likeness (QED) is 0.559. The molecule has 0 heterocycles. The van der Waals surface area contributed by atoms with Crippen molar-refractivity contribution in [2.75, 3.05) is 0 Å². The molecule has 0 saturated heterocycles. The van der Waals surface area contributed by atoms with Crippen LogP contribution in [0, 0.1) is 0 Å². The van der Waals surface area contributed by atoms with Crippen molar-refractivity contribution in [3.63, 3.8) is 0 Å². The van der Waals surface area contributed by atoms with Gasteiger partial charge in [-0.3, -0.25) is 0 Å². The molecule has 0 atom stereocenters. The summed E-state index contributed by atoms with van der Waals surface area (Å²) in [6.07, 6.45) is 5.01. The Morgan fingerprint density at radius 2 is 1.88 bits per heavy atom. The molecule has 1 aromatic carbocycles. The van der Waals surface area contributed by atoms with Crippen LogP contribution in [0.1, 0.15) is 32.3 Å². The lowest BCUT2D eigenvalue weighted by Gasteiger charge is -2.11. The fourth-order valence-electron chi connectivity index (χ4n) is 1.39. The Hall–Kier alpha value is -1.57. The molecular weight excluding hydrogens is 200 g/mol. The molecule has 0 amide bonds. The van der Waals surface area contributed by atoms with Crippen LogP contribution in [-0.2, 0) is 9.53 Å². The van der Waals surface area contributed by atoms with Crippen molar-refractivity contribution in [3.05, 3.63) is 42.0 Å². The number of ether oxygens (including phenoxy) is 1. The highest BCUT2D eigenvalue weighted by Crippen LogP contribution is 2.05. The van der Waals surface area contributed by atoms with Gasteiger partial charge < -0.3 is 4.74 Å². The normalized spacial score (nSPS) is 10.9. The SMILES string of the molecule is CCC(CC)OC(=O)C=Cc1ccccc1. The zero-order chi connectivity index (χ0) is 11.8. The number of hydrogen-bond acceptors (Lipinski definition) is 2. The van der Waals surface area contributed by atoms with Gasteiger partial charge in [0.05, 0.1) is 0 Å². The summed E-state index contributed by atoms with van der Waals surface area (Å²) >= 11 is 0. The van der Waals surface area contributed by atoms with E-state index < -0.39 is 0 Å². The largest absolute Gasteiger partial charge is 0.459 e. The van der Waals surface area contributed by atoms with Crippen LogP contribution in [0.15, 0.2) is 36.4 Å². The van der Waals surface area contributed by atoms with E-state index in [4.69, 9.17) is 4.74 Å². The summed E-state index contributed by atoms with van der Waals surface area (Å²) in [6, 6.07) is 9.71. The molecule has 0 unspecified atom stereocenters. The molecule has 0 bridgehead atoms. The lowest BCUT2D eigenvalue weighted by molar-refractivity contribution is -0.143. The third-order valence-electron chi connectivity index (χ3n) is 2.40. The van der Waals surface area contributed by atoms with Gasteiger partial charge in [-0.2, -0.15) is 0 Å². The van der Waals surface area contributed by atoms with E-state index in [1.807, 2.05) is 44.2 Å². The molecule has 1 aromatic rings. The van der Waals surface area contributed by atoms with Crippen molar-refractivity contribution < 1.29 is 9.53 Å². The molecule has 0 spiro atoms. The van der Waals surface area contributed by atoms with E-state index in [-0.39, 0.29) is 12.1 Å². The molecule has 0 radical (unpaired) electrons. The Morgan fingerprint density at radius 3 is 2.44 bits per heavy atom. The van der Waals surface area contributed by atoms with Crippen molar-refractivity contribution >= 4 is 12.0 Å². The second-order valence-electron chi connectivity index (χ2n) is 3.62. The van der Waals surface area contributed by atoms with Gasteiger partial charge in [0.25, 0.3) is 0 Å². The van der Waals surface area contributed by atoms with Gasteiger partial charge in [-0.05, 0) is 24.5 Å². The van der Waals surface area contributed by atoms with Gasteiger partial charge in [-0.15, -0.1) is 0 Å². The first-order valence-corrected chi connectivity index (χ1v) is 5.70. The summed E-state index contributed by atoms with van der Waals surface area (Å²) in [4.78, 5) is 11.4. The van der Waals surface area contributed by atoms with E-state index in [0.29, 0.717) is 0 Å². The molecule has 0 fully saturated rings. The van der Waals surface area contributed by atoms with Gasteiger partial charge in [0.1, 0.15) is 6.10 Å². The number of esters is 1. The third kappa shape index (κ3) is 4.30. The highest BCUT2D eigenvalue weighted by Gasteiger charge is 2.06. The maximum atomic E-state index is 11.4. The lowest BCUT2D eigenvalue weighted by Crippen LogP contribution is -2.14. The van der Waals surface area contributed by atoms with Crippen LogP contribution in [0.5, 0.6) is 0 Å². The topological polar surface area (TPSA) is 26.3 Å². The standard InChI is InChI=1S/C14H18O2/c1-3-13(4-2)16-14(15)11-10-12-8-6-5-7-9-12/h5-11,13H,3-4H2,1-2H3. The van der Waals surface area contributed by atoms with Crippen molar-refractivity contribution in [1.29, 1.82) is 0 Å². The van der Waals surface area contributed by atoms with Gasteiger partial charge >= 0.3 is 5.97 Å². The summed E-state index contributed by atoms with van der Waals surface area (Å²) in [6.45, 7) is 4.03. The molecule has 2 heteroatoms. The molecule has 0 aromatic heterocycles. The fourth-order valence-corrected chi connectivity index (χ4v) is 1.39. The van der Waals surface area contributed by atoms with E-state index in [1.54, 1.807) is 6.08 Å². The van der Waals surface area contributed by atoms with Gasteiger partial charge in [-0.1, -0.05) is 44.2 Å². The van der Waals surface area contributed by atoms with Crippen LogP contribution in [0.2, 0.25) is 0 Å². The van der Waals surface area contributed by atoms with Gasteiger partial charge in [0, 0.05) is 6.08 Å². The first-order chi connectivity index (χ1) is 7.76.